The van der Waals surface area contributed by atoms with Gasteiger partial charge in [-0.05, 0) is 92.0 Å². The Morgan fingerprint density at radius 3 is 1.68 bits per heavy atom. The Hall–Kier alpha value is -2.75. The van der Waals surface area contributed by atoms with Gasteiger partial charge in [0.1, 0.15) is 0 Å². The molecule has 0 N–H and O–H groups in total. The van der Waals surface area contributed by atoms with Crippen molar-refractivity contribution in [2.24, 2.45) is 23.2 Å². The average molecular weight is 643 g/mol. The highest BCUT2D eigenvalue weighted by Crippen LogP contribution is 2.60. The van der Waals surface area contributed by atoms with Crippen LogP contribution in [0, 0.1) is 23.2 Å². The fourth-order valence-corrected chi connectivity index (χ4v) is 10.3. The number of carbonyl (C=O) groups excluding carboxylic acids is 1. The molecule has 5 nitrogen and oxygen atoms in total. The number of ether oxygens (including phenoxy) is 1. The van der Waals surface area contributed by atoms with Crippen LogP contribution < -0.4 is 0 Å². The number of hydrogen-bond acceptors (Lipinski definition) is 5. The van der Waals surface area contributed by atoms with E-state index in [1.807, 2.05) is 0 Å². The van der Waals surface area contributed by atoms with Crippen molar-refractivity contribution in [3.8, 4) is 0 Å². The van der Waals surface area contributed by atoms with Crippen LogP contribution in [-0.2, 0) is 36.0 Å². The monoisotopic (exact) mass is 642 g/mol. The number of alkyl halides is 2. The predicted molar refractivity (Wildman–Crippen MR) is 166 cm³/mol. The molecule has 0 heterocycles. The number of halogens is 2. The lowest BCUT2D eigenvalue weighted by atomic mass is 9.50. The fraction of sp³-hybridized carbons (Fsp3) is 0.457. The zero-order valence-corrected chi connectivity index (χ0v) is 27.0. The summed E-state index contributed by atoms with van der Waals surface area (Å²) < 4.78 is 62.0. The van der Waals surface area contributed by atoms with Crippen LogP contribution in [0.2, 0.25) is 0 Å². The molecule has 0 unspecified atom stereocenters. The highest BCUT2D eigenvalue weighted by molar-refractivity contribution is 7.97. The molecule has 7 rings (SSSR count). The van der Waals surface area contributed by atoms with Gasteiger partial charge >= 0.3 is 11.2 Å². The molecule has 44 heavy (non-hydrogen) atoms. The van der Waals surface area contributed by atoms with Gasteiger partial charge < -0.3 is 9.29 Å². The molecule has 0 aliphatic heterocycles. The SMILES string of the molecule is CC(C)(C)c1ccccc1[S+](c1ccccc1)c1ccccc1.O=C(OCC12CC3CC(CC(C3)C1)C2)C(F)(F)S(=O)(=O)[O-]. The Morgan fingerprint density at radius 2 is 1.25 bits per heavy atom. The Labute approximate surface area is 262 Å². The summed E-state index contributed by atoms with van der Waals surface area (Å²) in [5, 5.41) is -5.00. The van der Waals surface area contributed by atoms with Crippen molar-refractivity contribution in [1.29, 1.82) is 0 Å². The van der Waals surface area contributed by atoms with Gasteiger partial charge in [0, 0.05) is 11.0 Å². The number of esters is 1. The zero-order chi connectivity index (χ0) is 31.8. The van der Waals surface area contributed by atoms with Gasteiger partial charge in [-0.2, -0.15) is 8.78 Å². The van der Waals surface area contributed by atoms with Gasteiger partial charge in [0.2, 0.25) is 0 Å². The number of benzene rings is 3. The van der Waals surface area contributed by atoms with E-state index in [9.17, 15) is 26.5 Å². The Kier molecular flexibility index (Phi) is 9.32. The van der Waals surface area contributed by atoms with E-state index in [0.29, 0.717) is 17.8 Å². The van der Waals surface area contributed by atoms with E-state index in [2.05, 4.69) is 110 Å². The average Bonchev–Trinajstić information content (AvgIpc) is 2.96. The summed E-state index contributed by atoms with van der Waals surface area (Å²) >= 11 is 0. The summed E-state index contributed by atoms with van der Waals surface area (Å²) in [7, 11) is -6.11. The highest BCUT2D eigenvalue weighted by atomic mass is 32.2. The number of hydrogen-bond donors (Lipinski definition) is 0. The van der Waals surface area contributed by atoms with Crippen LogP contribution >= 0.6 is 0 Å². The van der Waals surface area contributed by atoms with Crippen molar-refractivity contribution in [3.63, 3.8) is 0 Å². The first-order valence-corrected chi connectivity index (χ1v) is 17.8. The summed E-state index contributed by atoms with van der Waals surface area (Å²) in [6.45, 7) is 6.68. The molecule has 4 bridgehead atoms. The van der Waals surface area contributed by atoms with E-state index in [0.717, 1.165) is 38.5 Å². The third-order valence-corrected chi connectivity index (χ3v) is 12.2. The fourth-order valence-electron chi connectivity index (χ4n) is 7.64. The van der Waals surface area contributed by atoms with E-state index >= 15 is 0 Å². The molecule has 0 amide bonds. The summed E-state index contributed by atoms with van der Waals surface area (Å²) in [6, 6.07) is 30.6. The lowest BCUT2D eigenvalue weighted by molar-refractivity contribution is -0.172. The maximum Gasteiger partial charge on any atom is 0.428 e. The van der Waals surface area contributed by atoms with Crippen LogP contribution in [0.1, 0.15) is 64.9 Å². The molecule has 3 aromatic carbocycles. The van der Waals surface area contributed by atoms with Gasteiger partial charge in [0.25, 0.3) is 0 Å². The highest BCUT2D eigenvalue weighted by Gasteiger charge is 2.53. The smallest absolute Gasteiger partial charge is 0.428 e. The second-order valence-electron chi connectivity index (χ2n) is 13.6. The number of carbonyl (C=O) groups is 1. The lowest BCUT2D eigenvalue weighted by Gasteiger charge is -2.56. The largest absolute Gasteiger partial charge is 0.743 e. The van der Waals surface area contributed by atoms with Crippen LogP contribution in [-0.4, -0.2) is 30.8 Å². The van der Waals surface area contributed by atoms with Crippen LogP contribution in [0.3, 0.4) is 0 Å². The summed E-state index contributed by atoms with van der Waals surface area (Å²) in [5.41, 5.74) is 1.26. The minimum atomic E-state index is -6.04. The molecule has 0 radical (unpaired) electrons. The zero-order valence-electron chi connectivity index (χ0n) is 25.4. The van der Waals surface area contributed by atoms with Gasteiger partial charge in [-0.25, -0.2) is 13.2 Å². The molecule has 9 heteroatoms. The standard InChI is InChI=1S/C22H23S.C13H18F2O5S/c1-22(2,3)20-16-10-11-17-21(20)23(18-12-6-4-7-13-18)19-14-8-5-9-15-19;14-13(15,21(17,18)19)11(16)20-7-12-4-8-1-9(5-12)3-10(2-8)6-12/h4-17H,1-3H3;8-10H,1-7H2,(H,17,18,19)/q+1;/p-1. The molecular weight excluding hydrogens is 603 g/mol. The summed E-state index contributed by atoms with van der Waals surface area (Å²) in [5.74, 6) is -0.579. The second-order valence-corrected chi connectivity index (χ2v) is 17.1. The van der Waals surface area contributed by atoms with Gasteiger partial charge in [-0.3, -0.25) is 0 Å². The van der Waals surface area contributed by atoms with Crippen molar-refractivity contribution >= 4 is 27.0 Å². The lowest BCUT2D eigenvalue weighted by Crippen LogP contribution is -2.49. The second kappa shape index (κ2) is 12.6. The van der Waals surface area contributed by atoms with Crippen molar-refractivity contribution in [1.82, 2.24) is 0 Å². The molecule has 0 spiro atoms. The van der Waals surface area contributed by atoms with Gasteiger partial charge in [0.05, 0.1) is 17.5 Å². The van der Waals surface area contributed by atoms with Crippen molar-refractivity contribution in [2.45, 2.75) is 84.7 Å². The van der Waals surface area contributed by atoms with Gasteiger partial charge in [-0.15, -0.1) is 0 Å². The van der Waals surface area contributed by atoms with Crippen LogP contribution in [0.15, 0.2) is 99.6 Å². The molecular formula is C35H40F2O5S2. The van der Waals surface area contributed by atoms with Crippen LogP contribution in [0.4, 0.5) is 8.78 Å². The van der Waals surface area contributed by atoms with E-state index in [1.165, 1.54) is 20.2 Å². The molecule has 4 saturated carbocycles. The van der Waals surface area contributed by atoms with Crippen LogP contribution in [0.5, 0.6) is 0 Å². The van der Waals surface area contributed by atoms with Gasteiger partial charge in [0.15, 0.2) is 24.8 Å². The Morgan fingerprint density at radius 1 is 0.818 bits per heavy atom. The first-order chi connectivity index (χ1) is 20.7. The normalized spacial score (nSPS) is 24.5. The number of rotatable bonds is 7. The molecule has 0 saturated heterocycles. The first-order valence-electron chi connectivity index (χ1n) is 15.1. The molecule has 0 atom stereocenters. The molecule has 236 valence electrons. The van der Waals surface area contributed by atoms with Crippen molar-refractivity contribution < 1.29 is 31.3 Å². The van der Waals surface area contributed by atoms with E-state index in [4.69, 9.17) is 0 Å². The predicted octanol–water partition coefficient (Wildman–Crippen LogP) is 7.96. The molecule has 4 aliphatic rings. The maximum absolute atomic E-state index is 13.1. The van der Waals surface area contributed by atoms with E-state index in [-0.39, 0.29) is 28.3 Å². The van der Waals surface area contributed by atoms with Crippen molar-refractivity contribution in [2.75, 3.05) is 6.61 Å². The molecule has 0 aromatic heterocycles. The first kappa shape index (κ1) is 32.6. The van der Waals surface area contributed by atoms with Crippen molar-refractivity contribution in [3.05, 3.63) is 90.5 Å². The van der Waals surface area contributed by atoms with E-state index in [1.54, 1.807) is 0 Å². The molecule has 4 aliphatic carbocycles. The third kappa shape index (κ3) is 7.05. The third-order valence-electron chi connectivity index (χ3n) is 9.10. The summed E-state index contributed by atoms with van der Waals surface area (Å²) in [6.07, 6.45) is 5.96. The minimum absolute atomic E-state index is 0.0727. The molecule has 3 aromatic rings. The maximum atomic E-state index is 13.1. The van der Waals surface area contributed by atoms with Gasteiger partial charge in [-0.1, -0.05) is 75.4 Å². The Bertz CT molecular complexity index is 1480. The quantitative estimate of drug-likeness (QED) is 0.148. The summed E-state index contributed by atoms with van der Waals surface area (Å²) in [4.78, 5) is 15.4. The molecule has 4 fully saturated rings. The van der Waals surface area contributed by atoms with Crippen LogP contribution in [0.25, 0.3) is 0 Å². The van der Waals surface area contributed by atoms with E-state index < -0.39 is 21.3 Å². The topological polar surface area (TPSA) is 83.5 Å². The Balaban J connectivity index is 0.000000175. The minimum Gasteiger partial charge on any atom is -0.743 e.